The summed E-state index contributed by atoms with van der Waals surface area (Å²) in [4.78, 5) is 14.0. The van der Waals surface area contributed by atoms with Crippen molar-refractivity contribution in [3.05, 3.63) is 0 Å². The van der Waals surface area contributed by atoms with Crippen LogP contribution in [-0.4, -0.2) is 24.9 Å². The van der Waals surface area contributed by atoms with Gasteiger partial charge in [0, 0.05) is 12.3 Å². The second kappa shape index (κ2) is 4.48. The number of quaternary nitrogens is 1. The Morgan fingerprint density at radius 1 is 0.875 bits per heavy atom. The van der Waals surface area contributed by atoms with Crippen molar-refractivity contribution >= 4 is 5.78 Å². The summed E-state index contributed by atoms with van der Waals surface area (Å²) in [6.45, 7) is 2.66. The number of fused-ring (bicyclic) bond motifs is 2. The van der Waals surface area contributed by atoms with Crippen molar-refractivity contribution in [2.75, 3.05) is 13.1 Å². The SMILES string of the molecule is O=C1[C@H]2CCC[C@H]1[C@@H]([NH+]1CCCCC1)CC2. The number of piperidine rings is 1. The zero-order valence-corrected chi connectivity index (χ0v) is 10.2. The fraction of sp³-hybridized carbons (Fsp3) is 0.929. The number of hydrogen-bond acceptors (Lipinski definition) is 1. The van der Waals surface area contributed by atoms with Gasteiger partial charge in [-0.25, -0.2) is 0 Å². The van der Waals surface area contributed by atoms with Crippen LogP contribution >= 0.6 is 0 Å². The lowest BCUT2D eigenvalue weighted by Gasteiger charge is -2.43. The predicted molar refractivity (Wildman–Crippen MR) is 63.4 cm³/mol. The maximum atomic E-state index is 12.2. The third-order valence-electron chi connectivity index (χ3n) is 5.17. The topological polar surface area (TPSA) is 21.5 Å². The Morgan fingerprint density at radius 3 is 2.50 bits per heavy atom. The smallest absolute Gasteiger partial charge is 0.144 e. The first-order chi connectivity index (χ1) is 7.86. The van der Waals surface area contributed by atoms with Gasteiger partial charge in [0.15, 0.2) is 0 Å². The van der Waals surface area contributed by atoms with Crippen molar-refractivity contribution in [1.29, 1.82) is 0 Å². The van der Waals surface area contributed by atoms with E-state index in [-0.39, 0.29) is 0 Å². The summed E-state index contributed by atoms with van der Waals surface area (Å²) in [7, 11) is 0. The molecule has 0 aromatic rings. The molecule has 2 saturated carbocycles. The van der Waals surface area contributed by atoms with Crippen molar-refractivity contribution in [2.24, 2.45) is 11.8 Å². The number of nitrogens with one attached hydrogen (secondary N) is 1. The molecule has 3 atom stereocenters. The highest BCUT2D eigenvalue weighted by Gasteiger charge is 2.45. The lowest BCUT2D eigenvalue weighted by Crippen LogP contribution is -3.17. The third-order valence-corrected chi connectivity index (χ3v) is 5.17. The van der Waals surface area contributed by atoms with E-state index in [9.17, 15) is 4.79 Å². The van der Waals surface area contributed by atoms with Gasteiger partial charge in [-0.3, -0.25) is 4.79 Å². The standard InChI is InChI=1S/C14H23NO/c16-14-11-5-4-6-12(14)13(8-7-11)15-9-2-1-3-10-15/h11-13H,1-10H2/p+1/t11-,12-,13-/m0/s1. The van der Waals surface area contributed by atoms with Crippen LogP contribution in [-0.2, 0) is 4.79 Å². The summed E-state index contributed by atoms with van der Waals surface area (Å²) in [6.07, 6.45) is 10.4. The fourth-order valence-corrected chi connectivity index (χ4v) is 4.30. The maximum absolute atomic E-state index is 12.2. The lowest BCUT2D eigenvalue weighted by atomic mass is 9.68. The molecule has 1 aliphatic heterocycles. The molecule has 0 spiro atoms. The van der Waals surface area contributed by atoms with E-state index >= 15 is 0 Å². The van der Waals surface area contributed by atoms with Crippen LogP contribution in [0.4, 0.5) is 0 Å². The number of Topliss-reactive ketones (excluding diaryl/α,β-unsaturated/α-hetero) is 1. The number of carbonyl (C=O) groups excluding carboxylic acids is 1. The van der Waals surface area contributed by atoms with E-state index in [0.29, 0.717) is 23.7 Å². The second-order valence-electron chi connectivity index (χ2n) is 6.04. The molecule has 1 saturated heterocycles. The summed E-state index contributed by atoms with van der Waals surface area (Å²) < 4.78 is 0. The first kappa shape index (κ1) is 10.8. The first-order valence-corrected chi connectivity index (χ1v) is 7.24. The molecule has 90 valence electrons. The molecule has 1 N–H and O–H groups in total. The first-order valence-electron chi connectivity index (χ1n) is 7.24. The Bertz CT molecular complexity index is 270. The van der Waals surface area contributed by atoms with Crippen LogP contribution in [0.25, 0.3) is 0 Å². The van der Waals surface area contributed by atoms with E-state index in [1.807, 2.05) is 0 Å². The number of rotatable bonds is 1. The molecule has 3 rings (SSSR count). The Labute approximate surface area is 98.4 Å². The average Bonchev–Trinajstić information content (AvgIpc) is 2.30. The fourth-order valence-electron chi connectivity index (χ4n) is 4.30. The van der Waals surface area contributed by atoms with Crippen molar-refractivity contribution in [3.63, 3.8) is 0 Å². The second-order valence-corrected chi connectivity index (χ2v) is 6.04. The monoisotopic (exact) mass is 222 g/mol. The van der Waals surface area contributed by atoms with E-state index in [4.69, 9.17) is 0 Å². The molecular formula is C14H24NO+. The number of carbonyl (C=O) groups is 1. The molecule has 0 amide bonds. The number of hydrogen-bond donors (Lipinski definition) is 1. The van der Waals surface area contributed by atoms with Gasteiger partial charge in [-0.05, 0) is 38.5 Å². The molecule has 16 heavy (non-hydrogen) atoms. The van der Waals surface area contributed by atoms with Crippen LogP contribution in [0, 0.1) is 11.8 Å². The molecule has 0 unspecified atom stereocenters. The van der Waals surface area contributed by atoms with E-state index in [2.05, 4.69) is 0 Å². The van der Waals surface area contributed by atoms with Gasteiger partial charge in [0.25, 0.3) is 0 Å². The lowest BCUT2D eigenvalue weighted by molar-refractivity contribution is -0.933. The van der Waals surface area contributed by atoms with Crippen LogP contribution in [0.3, 0.4) is 0 Å². The highest BCUT2D eigenvalue weighted by atomic mass is 16.1. The van der Waals surface area contributed by atoms with Crippen molar-refractivity contribution < 1.29 is 9.69 Å². The van der Waals surface area contributed by atoms with E-state index < -0.39 is 0 Å². The highest BCUT2D eigenvalue weighted by Crippen LogP contribution is 2.36. The van der Waals surface area contributed by atoms with Crippen LogP contribution in [0.15, 0.2) is 0 Å². The van der Waals surface area contributed by atoms with Gasteiger partial charge in [0.2, 0.25) is 0 Å². The highest BCUT2D eigenvalue weighted by molar-refractivity contribution is 5.85. The molecule has 2 heteroatoms. The van der Waals surface area contributed by atoms with Crippen molar-refractivity contribution in [3.8, 4) is 0 Å². The Hall–Kier alpha value is -0.370. The predicted octanol–water partition coefficient (Wildman–Crippen LogP) is 1.20. The van der Waals surface area contributed by atoms with E-state index in [1.165, 1.54) is 64.5 Å². The summed E-state index contributed by atoms with van der Waals surface area (Å²) in [6, 6.07) is 0.698. The van der Waals surface area contributed by atoms with Gasteiger partial charge in [-0.1, -0.05) is 6.42 Å². The van der Waals surface area contributed by atoms with E-state index in [0.717, 1.165) is 0 Å². The Kier molecular flexibility index (Phi) is 3.01. The molecule has 3 aliphatic rings. The van der Waals surface area contributed by atoms with Gasteiger partial charge in [0.1, 0.15) is 5.78 Å². The third kappa shape index (κ3) is 1.81. The largest absolute Gasteiger partial charge is 0.332 e. The summed E-state index contributed by atoms with van der Waals surface area (Å²) in [5.41, 5.74) is 0. The zero-order chi connectivity index (χ0) is 11.0. The van der Waals surface area contributed by atoms with E-state index in [1.54, 1.807) is 4.90 Å². The van der Waals surface area contributed by atoms with Gasteiger partial charge >= 0.3 is 0 Å². The summed E-state index contributed by atoms with van der Waals surface area (Å²) >= 11 is 0. The number of likely N-dealkylation sites (tertiary alicyclic amines) is 1. The molecule has 2 bridgehead atoms. The van der Waals surface area contributed by atoms with Gasteiger partial charge in [-0.15, -0.1) is 0 Å². The van der Waals surface area contributed by atoms with Gasteiger partial charge in [0.05, 0.1) is 25.0 Å². The minimum absolute atomic E-state index is 0.445. The Balaban J connectivity index is 1.72. The zero-order valence-electron chi connectivity index (χ0n) is 10.2. The van der Waals surface area contributed by atoms with Crippen LogP contribution in [0.5, 0.6) is 0 Å². The molecule has 3 fully saturated rings. The van der Waals surface area contributed by atoms with Crippen LogP contribution in [0.1, 0.15) is 51.4 Å². The van der Waals surface area contributed by atoms with Crippen molar-refractivity contribution in [1.82, 2.24) is 0 Å². The van der Waals surface area contributed by atoms with Gasteiger partial charge in [-0.2, -0.15) is 0 Å². The minimum atomic E-state index is 0.445. The van der Waals surface area contributed by atoms with Crippen molar-refractivity contribution in [2.45, 2.75) is 57.4 Å². The number of ketones is 1. The molecular weight excluding hydrogens is 198 g/mol. The molecule has 2 nitrogen and oxygen atoms in total. The quantitative estimate of drug-likeness (QED) is 0.707. The summed E-state index contributed by atoms with van der Waals surface area (Å²) in [5.74, 6) is 1.54. The average molecular weight is 222 g/mol. The summed E-state index contributed by atoms with van der Waals surface area (Å²) in [5, 5.41) is 0. The normalized spacial score (nSPS) is 41.0. The minimum Gasteiger partial charge on any atom is -0.332 e. The Morgan fingerprint density at radius 2 is 1.69 bits per heavy atom. The molecule has 2 aliphatic carbocycles. The molecule has 0 aromatic heterocycles. The molecule has 0 radical (unpaired) electrons. The van der Waals surface area contributed by atoms with Crippen LogP contribution in [0.2, 0.25) is 0 Å². The molecule has 1 heterocycles. The maximum Gasteiger partial charge on any atom is 0.144 e. The molecule has 0 aromatic carbocycles. The van der Waals surface area contributed by atoms with Crippen LogP contribution < -0.4 is 4.90 Å². The van der Waals surface area contributed by atoms with Gasteiger partial charge < -0.3 is 4.90 Å².